The normalized spacial score (nSPS) is 11.5. The van der Waals surface area contributed by atoms with Gasteiger partial charge in [-0.1, -0.05) is 23.2 Å². The summed E-state index contributed by atoms with van der Waals surface area (Å²) in [5.74, 6) is 0.912. The minimum absolute atomic E-state index is 0.0712. The molecule has 2 N–H and O–H groups in total. The van der Waals surface area contributed by atoms with Gasteiger partial charge in [0.25, 0.3) is 0 Å². The number of nitrogens with zero attached hydrogens (tertiary/aromatic N) is 1. The quantitative estimate of drug-likeness (QED) is 0.694. The van der Waals surface area contributed by atoms with Gasteiger partial charge in [-0.3, -0.25) is 0 Å². The highest BCUT2D eigenvalue weighted by atomic mass is 35.5. The van der Waals surface area contributed by atoms with Crippen LogP contribution in [0.2, 0.25) is 10.0 Å². The van der Waals surface area contributed by atoms with Crippen molar-refractivity contribution in [3.8, 4) is 0 Å². The minimum atomic E-state index is -4.10. The highest BCUT2D eigenvalue weighted by Gasteiger charge is 2.25. The van der Waals surface area contributed by atoms with Gasteiger partial charge in [0.05, 0.1) is 10.0 Å². The van der Waals surface area contributed by atoms with Crippen LogP contribution in [0.15, 0.2) is 6.07 Å². The molecule has 0 bridgehead atoms. The average molecular weight is 330 g/mol. The number of pyridine rings is 1. The van der Waals surface area contributed by atoms with Crippen LogP contribution in [0, 0.1) is 0 Å². The molecule has 0 aromatic carbocycles. The number of hydrogen-bond acceptors (Lipinski definition) is 3. The van der Waals surface area contributed by atoms with E-state index in [4.69, 9.17) is 23.2 Å². The van der Waals surface area contributed by atoms with Crippen molar-refractivity contribution in [3.63, 3.8) is 0 Å². The van der Waals surface area contributed by atoms with Crippen molar-refractivity contribution < 1.29 is 13.2 Å². The zero-order chi connectivity index (χ0) is 15.2. The van der Waals surface area contributed by atoms with E-state index in [-0.39, 0.29) is 6.42 Å². The molecule has 3 nitrogen and oxygen atoms in total. The predicted octanol–water partition coefficient (Wildman–Crippen LogP) is 4.96. The molecule has 0 aliphatic rings. The Balaban J connectivity index is 2.49. The van der Waals surface area contributed by atoms with E-state index in [0.717, 1.165) is 0 Å². The van der Waals surface area contributed by atoms with Gasteiger partial charge in [-0.2, -0.15) is 13.2 Å². The molecule has 0 saturated heterocycles. The van der Waals surface area contributed by atoms with Crippen LogP contribution in [0.5, 0.6) is 0 Å². The minimum Gasteiger partial charge on any atom is -0.369 e. The largest absolute Gasteiger partial charge is 0.389 e. The van der Waals surface area contributed by atoms with Crippen LogP contribution < -0.4 is 10.6 Å². The lowest BCUT2D eigenvalue weighted by Crippen LogP contribution is -2.10. The highest BCUT2D eigenvalue weighted by molar-refractivity contribution is 6.37. The maximum Gasteiger partial charge on any atom is 0.389 e. The summed E-state index contributed by atoms with van der Waals surface area (Å²) in [5.41, 5.74) is 0. The van der Waals surface area contributed by atoms with Crippen LogP contribution in [-0.4, -0.2) is 24.2 Å². The number of unbranched alkanes of at least 4 members (excludes halogenated alkanes) is 1. The summed E-state index contributed by atoms with van der Waals surface area (Å²) in [7, 11) is 0. The van der Waals surface area contributed by atoms with E-state index in [0.29, 0.717) is 41.2 Å². The van der Waals surface area contributed by atoms with Gasteiger partial charge >= 0.3 is 6.18 Å². The first-order valence-corrected chi connectivity index (χ1v) is 6.99. The third kappa shape index (κ3) is 6.05. The van der Waals surface area contributed by atoms with Gasteiger partial charge < -0.3 is 10.6 Å². The summed E-state index contributed by atoms with van der Waals surface area (Å²) >= 11 is 11.9. The lowest BCUT2D eigenvalue weighted by atomic mass is 10.2. The van der Waals surface area contributed by atoms with Gasteiger partial charge in [-0.15, -0.1) is 0 Å². The summed E-state index contributed by atoms with van der Waals surface area (Å²) in [5, 5.41) is 6.63. The molecule has 0 atom stereocenters. The van der Waals surface area contributed by atoms with Crippen LogP contribution in [0.4, 0.5) is 24.8 Å². The molecule has 1 rings (SSSR count). The van der Waals surface area contributed by atoms with Gasteiger partial charge in [0, 0.05) is 19.5 Å². The zero-order valence-corrected chi connectivity index (χ0v) is 12.5. The first kappa shape index (κ1) is 17.2. The summed E-state index contributed by atoms with van der Waals surface area (Å²) in [6, 6.07) is 1.55. The predicted molar refractivity (Wildman–Crippen MR) is 76.8 cm³/mol. The molecule has 1 aromatic heterocycles. The van der Waals surface area contributed by atoms with E-state index in [1.807, 2.05) is 6.92 Å². The van der Waals surface area contributed by atoms with Crippen molar-refractivity contribution in [2.75, 3.05) is 23.7 Å². The summed E-state index contributed by atoms with van der Waals surface area (Å²) in [6.07, 6.45) is -4.42. The second kappa shape index (κ2) is 7.78. The van der Waals surface area contributed by atoms with Crippen LogP contribution in [0.3, 0.4) is 0 Å². The van der Waals surface area contributed by atoms with E-state index in [2.05, 4.69) is 15.6 Å². The van der Waals surface area contributed by atoms with E-state index < -0.39 is 12.6 Å². The Morgan fingerprint density at radius 3 is 2.25 bits per heavy atom. The summed E-state index contributed by atoms with van der Waals surface area (Å²) in [4.78, 5) is 4.20. The fraction of sp³-hybridized carbons (Fsp3) is 0.583. The number of halogens is 5. The Labute approximate surface area is 125 Å². The van der Waals surface area contributed by atoms with Crippen molar-refractivity contribution in [1.29, 1.82) is 0 Å². The maximum absolute atomic E-state index is 12.0. The third-order valence-electron chi connectivity index (χ3n) is 2.45. The molecule has 0 amide bonds. The smallest absolute Gasteiger partial charge is 0.369 e. The number of rotatable bonds is 7. The molecule has 0 unspecified atom stereocenters. The Kier molecular flexibility index (Phi) is 6.68. The standard InChI is InChI=1S/C12H16Cl2F3N3/c1-2-18-10-8(13)7-9(14)11(20-10)19-6-4-3-5-12(15,16)17/h7H,2-6H2,1H3,(H2,18,19,20). The highest BCUT2D eigenvalue weighted by Crippen LogP contribution is 2.29. The number of anilines is 2. The van der Waals surface area contributed by atoms with Crippen molar-refractivity contribution in [2.45, 2.75) is 32.4 Å². The maximum atomic E-state index is 12.0. The van der Waals surface area contributed by atoms with Crippen molar-refractivity contribution in [3.05, 3.63) is 16.1 Å². The van der Waals surface area contributed by atoms with Gasteiger partial charge in [0.1, 0.15) is 11.6 Å². The van der Waals surface area contributed by atoms with E-state index >= 15 is 0 Å². The third-order valence-corrected chi connectivity index (χ3v) is 3.03. The van der Waals surface area contributed by atoms with E-state index in [9.17, 15) is 13.2 Å². The number of nitrogens with one attached hydrogen (secondary N) is 2. The van der Waals surface area contributed by atoms with Crippen LogP contribution >= 0.6 is 23.2 Å². The van der Waals surface area contributed by atoms with Gasteiger partial charge in [0.15, 0.2) is 0 Å². The molecule has 0 aliphatic heterocycles. The van der Waals surface area contributed by atoms with Gasteiger partial charge in [0.2, 0.25) is 0 Å². The monoisotopic (exact) mass is 329 g/mol. The van der Waals surface area contributed by atoms with E-state index in [1.165, 1.54) is 0 Å². The van der Waals surface area contributed by atoms with Crippen LogP contribution in [0.25, 0.3) is 0 Å². The Morgan fingerprint density at radius 2 is 1.70 bits per heavy atom. The molecule has 8 heteroatoms. The molecule has 0 spiro atoms. The fourth-order valence-electron chi connectivity index (χ4n) is 1.54. The topological polar surface area (TPSA) is 37.0 Å². The SMILES string of the molecule is CCNc1nc(NCCCCC(F)(F)F)c(Cl)cc1Cl. The fourth-order valence-corrected chi connectivity index (χ4v) is 2.03. The molecule has 20 heavy (non-hydrogen) atoms. The summed E-state index contributed by atoms with van der Waals surface area (Å²) < 4.78 is 35.9. The molecular weight excluding hydrogens is 314 g/mol. The average Bonchev–Trinajstić information content (AvgIpc) is 2.32. The molecular formula is C12H16Cl2F3N3. The Bertz CT molecular complexity index is 439. The number of hydrogen-bond donors (Lipinski definition) is 2. The zero-order valence-electron chi connectivity index (χ0n) is 10.9. The van der Waals surface area contributed by atoms with Crippen LogP contribution in [0.1, 0.15) is 26.2 Å². The second-order valence-electron chi connectivity index (χ2n) is 4.18. The van der Waals surface area contributed by atoms with Crippen LogP contribution in [-0.2, 0) is 0 Å². The molecule has 114 valence electrons. The molecule has 0 saturated carbocycles. The number of alkyl halides is 3. The Morgan fingerprint density at radius 1 is 1.10 bits per heavy atom. The summed E-state index contributed by atoms with van der Waals surface area (Å²) in [6.45, 7) is 2.92. The molecule has 1 aromatic rings. The first-order valence-electron chi connectivity index (χ1n) is 6.24. The lowest BCUT2D eigenvalue weighted by molar-refractivity contribution is -0.135. The van der Waals surface area contributed by atoms with Gasteiger partial charge in [-0.25, -0.2) is 4.98 Å². The van der Waals surface area contributed by atoms with Crippen molar-refractivity contribution in [1.82, 2.24) is 4.98 Å². The number of aromatic nitrogens is 1. The Hall–Kier alpha value is -0.880. The first-order chi connectivity index (χ1) is 9.33. The van der Waals surface area contributed by atoms with Gasteiger partial charge in [-0.05, 0) is 25.8 Å². The lowest BCUT2D eigenvalue weighted by Gasteiger charge is -2.12. The molecule has 0 fully saturated rings. The second-order valence-corrected chi connectivity index (χ2v) is 4.99. The van der Waals surface area contributed by atoms with Crippen molar-refractivity contribution >= 4 is 34.8 Å². The van der Waals surface area contributed by atoms with E-state index in [1.54, 1.807) is 6.07 Å². The molecule has 0 aliphatic carbocycles. The molecule has 1 heterocycles. The molecule has 0 radical (unpaired) electrons. The van der Waals surface area contributed by atoms with Crippen molar-refractivity contribution in [2.24, 2.45) is 0 Å².